The molecule has 1 rings (SSSR count). The van der Waals surface area contributed by atoms with Crippen molar-refractivity contribution in [3.63, 3.8) is 0 Å². The highest BCUT2D eigenvalue weighted by molar-refractivity contribution is 5.91. The Hall–Kier alpha value is -1.43. The van der Waals surface area contributed by atoms with E-state index in [4.69, 9.17) is 11.1 Å². The van der Waals surface area contributed by atoms with Crippen molar-refractivity contribution in [2.45, 2.75) is 77.8 Å². The van der Waals surface area contributed by atoms with Crippen LogP contribution >= 0.6 is 0 Å². The van der Waals surface area contributed by atoms with Gasteiger partial charge in [0, 0.05) is 30.9 Å². The minimum absolute atomic E-state index is 0.145. The Morgan fingerprint density at radius 2 is 2.08 bits per heavy atom. The average molecular weight is 357 g/mol. The first-order chi connectivity index (χ1) is 11.9. The molecule has 0 spiro atoms. The number of allylic oxidation sites excluding steroid dienone is 2. The lowest BCUT2D eigenvalue weighted by atomic mass is 10.0. The zero-order chi connectivity index (χ0) is 18.8. The van der Waals surface area contributed by atoms with E-state index >= 15 is 0 Å². The fourth-order valence-electron chi connectivity index (χ4n) is 3.19. The number of piperidine rings is 1. The van der Waals surface area contributed by atoms with E-state index in [0.717, 1.165) is 44.2 Å². The Morgan fingerprint density at radius 1 is 1.36 bits per heavy atom. The maximum atomic E-state index is 13.2. The second-order valence-electron chi connectivity index (χ2n) is 6.69. The molecule has 1 aliphatic heterocycles. The van der Waals surface area contributed by atoms with Gasteiger partial charge in [-0.1, -0.05) is 26.3 Å². The third-order valence-electron chi connectivity index (χ3n) is 4.61. The Balaban J connectivity index is 3.09. The molecule has 0 saturated carbocycles. The molecule has 4 N–H and O–H groups in total. The minimum Gasteiger partial charge on any atom is -0.375 e. The van der Waals surface area contributed by atoms with Gasteiger partial charge in [-0.15, -0.1) is 0 Å². The van der Waals surface area contributed by atoms with Crippen LogP contribution < -0.4 is 11.1 Å². The van der Waals surface area contributed by atoms with Gasteiger partial charge in [0.15, 0.2) is 0 Å². The zero-order valence-corrected chi connectivity index (χ0v) is 15.8. The van der Waals surface area contributed by atoms with Gasteiger partial charge in [0.1, 0.15) is 5.84 Å². The van der Waals surface area contributed by atoms with Crippen LogP contribution in [-0.2, 0) is 0 Å². The summed E-state index contributed by atoms with van der Waals surface area (Å²) >= 11 is 0. The van der Waals surface area contributed by atoms with Crippen molar-refractivity contribution in [3.05, 3.63) is 23.4 Å². The Labute approximate surface area is 151 Å². The van der Waals surface area contributed by atoms with E-state index in [-0.39, 0.29) is 6.54 Å². The van der Waals surface area contributed by atoms with Crippen LogP contribution in [0.3, 0.4) is 0 Å². The van der Waals surface area contributed by atoms with E-state index in [1.54, 1.807) is 6.08 Å². The smallest absolute Gasteiger partial charge is 0.259 e. The highest BCUT2D eigenvalue weighted by atomic mass is 19.3. The molecule has 25 heavy (non-hydrogen) atoms. The van der Waals surface area contributed by atoms with Gasteiger partial charge in [0.2, 0.25) is 0 Å². The zero-order valence-electron chi connectivity index (χ0n) is 15.8. The van der Waals surface area contributed by atoms with Crippen LogP contribution in [0, 0.1) is 5.41 Å². The van der Waals surface area contributed by atoms with E-state index in [0.29, 0.717) is 17.6 Å². The van der Waals surface area contributed by atoms with Gasteiger partial charge in [-0.25, -0.2) is 8.78 Å². The van der Waals surface area contributed by atoms with Crippen molar-refractivity contribution in [2.75, 3.05) is 13.1 Å². The van der Waals surface area contributed by atoms with Crippen molar-refractivity contribution < 1.29 is 8.78 Å². The van der Waals surface area contributed by atoms with Crippen LogP contribution in [0.25, 0.3) is 0 Å². The van der Waals surface area contributed by atoms with Gasteiger partial charge < -0.3 is 16.0 Å². The molecule has 2 unspecified atom stereocenters. The van der Waals surface area contributed by atoms with Gasteiger partial charge in [-0.05, 0) is 44.6 Å². The second kappa shape index (κ2) is 11.2. The van der Waals surface area contributed by atoms with Crippen LogP contribution in [0.2, 0.25) is 0 Å². The van der Waals surface area contributed by atoms with Crippen molar-refractivity contribution in [1.29, 1.82) is 5.41 Å². The predicted octanol–water partition coefficient (Wildman–Crippen LogP) is 4.04. The molecule has 1 aliphatic rings. The SMILES string of the molecule is CC/C=C(CCC)\C(=C\C(=N)N1CCCCC1C)NC(CN)C(F)F. The number of likely N-dealkylation sites (tertiary alicyclic amines) is 1. The summed E-state index contributed by atoms with van der Waals surface area (Å²) < 4.78 is 26.4. The highest BCUT2D eigenvalue weighted by Crippen LogP contribution is 2.20. The summed E-state index contributed by atoms with van der Waals surface area (Å²) in [7, 11) is 0. The van der Waals surface area contributed by atoms with E-state index < -0.39 is 12.5 Å². The van der Waals surface area contributed by atoms with E-state index in [1.807, 2.05) is 13.0 Å². The van der Waals surface area contributed by atoms with Crippen LogP contribution in [0.4, 0.5) is 8.78 Å². The quantitative estimate of drug-likeness (QED) is 0.332. The Kier molecular flexibility index (Phi) is 9.71. The number of hydrogen-bond donors (Lipinski definition) is 3. The molecule has 1 heterocycles. The third kappa shape index (κ3) is 6.77. The molecule has 144 valence electrons. The summed E-state index contributed by atoms with van der Waals surface area (Å²) in [6, 6.07) is -0.793. The Morgan fingerprint density at radius 3 is 2.60 bits per heavy atom. The van der Waals surface area contributed by atoms with Crippen molar-refractivity contribution >= 4 is 5.84 Å². The molecule has 6 heteroatoms. The molecule has 0 amide bonds. The molecule has 2 atom stereocenters. The summed E-state index contributed by atoms with van der Waals surface area (Å²) in [5.41, 5.74) is 7.11. The molecule has 0 aromatic carbocycles. The number of nitrogens with zero attached hydrogens (tertiary/aromatic N) is 1. The summed E-state index contributed by atoms with van der Waals surface area (Å²) in [4.78, 5) is 2.06. The van der Waals surface area contributed by atoms with Crippen LogP contribution in [0.5, 0.6) is 0 Å². The summed E-state index contributed by atoms with van der Waals surface area (Å²) in [6.07, 6.45) is 7.06. The van der Waals surface area contributed by atoms with Gasteiger partial charge in [0.05, 0.1) is 6.04 Å². The number of hydrogen-bond acceptors (Lipinski definition) is 3. The van der Waals surface area contributed by atoms with E-state index in [2.05, 4.69) is 24.1 Å². The molecule has 0 aromatic heterocycles. The lowest BCUT2D eigenvalue weighted by molar-refractivity contribution is 0.107. The second-order valence-corrected chi connectivity index (χ2v) is 6.69. The summed E-state index contributed by atoms with van der Waals surface area (Å²) in [6.45, 7) is 6.91. The van der Waals surface area contributed by atoms with Gasteiger partial charge in [-0.3, -0.25) is 5.41 Å². The molecule has 4 nitrogen and oxygen atoms in total. The highest BCUT2D eigenvalue weighted by Gasteiger charge is 2.23. The normalized spacial score (nSPS) is 20.8. The van der Waals surface area contributed by atoms with Crippen LogP contribution in [-0.4, -0.2) is 42.3 Å². The summed E-state index contributed by atoms with van der Waals surface area (Å²) in [5.74, 6) is 0.387. The molecule has 1 fully saturated rings. The molecular formula is C19H34F2N4. The largest absolute Gasteiger partial charge is 0.375 e. The third-order valence-corrected chi connectivity index (χ3v) is 4.61. The number of nitrogens with one attached hydrogen (secondary N) is 2. The fraction of sp³-hybridized carbons (Fsp3) is 0.737. The van der Waals surface area contributed by atoms with Crippen LogP contribution in [0.15, 0.2) is 23.4 Å². The molecule has 0 radical (unpaired) electrons. The summed E-state index contributed by atoms with van der Waals surface area (Å²) in [5, 5.41) is 11.4. The predicted molar refractivity (Wildman–Crippen MR) is 101 cm³/mol. The average Bonchev–Trinajstić information content (AvgIpc) is 2.58. The van der Waals surface area contributed by atoms with Crippen molar-refractivity contribution in [3.8, 4) is 0 Å². The van der Waals surface area contributed by atoms with Crippen LogP contribution in [0.1, 0.15) is 59.3 Å². The first-order valence-corrected chi connectivity index (χ1v) is 9.45. The number of amidine groups is 1. The molecule has 0 aromatic rings. The van der Waals surface area contributed by atoms with Gasteiger partial charge in [0.25, 0.3) is 6.43 Å². The van der Waals surface area contributed by atoms with Gasteiger partial charge >= 0.3 is 0 Å². The minimum atomic E-state index is -2.54. The van der Waals surface area contributed by atoms with Crippen molar-refractivity contribution in [1.82, 2.24) is 10.2 Å². The molecule has 0 aliphatic carbocycles. The van der Waals surface area contributed by atoms with Crippen molar-refractivity contribution in [2.24, 2.45) is 5.73 Å². The molecular weight excluding hydrogens is 322 g/mol. The Bertz CT molecular complexity index is 474. The standard InChI is InChI=1S/C19H34F2N4/c1-4-8-15(9-5-2)16(24-17(13-22)19(20)21)12-18(23)25-11-7-6-10-14(25)3/h8,12,14,17,19,23-24H,4-7,9-11,13,22H2,1-3H3/b15-8-,16-12-,23-18?. The first-order valence-electron chi connectivity index (χ1n) is 9.45. The van der Waals surface area contributed by atoms with E-state index in [1.165, 1.54) is 6.42 Å². The monoisotopic (exact) mass is 356 g/mol. The first kappa shape index (κ1) is 21.6. The lowest BCUT2D eigenvalue weighted by Gasteiger charge is -2.35. The lowest BCUT2D eigenvalue weighted by Crippen LogP contribution is -2.43. The topological polar surface area (TPSA) is 65.1 Å². The van der Waals surface area contributed by atoms with E-state index in [9.17, 15) is 8.78 Å². The van der Waals surface area contributed by atoms with Gasteiger partial charge in [-0.2, -0.15) is 0 Å². The number of nitrogens with two attached hydrogens (primary N) is 1. The maximum Gasteiger partial charge on any atom is 0.259 e. The number of halogens is 2. The maximum absolute atomic E-state index is 13.2. The number of alkyl halides is 2. The molecule has 1 saturated heterocycles. The molecule has 0 bridgehead atoms. The fourth-order valence-corrected chi connectivity index (χ4v) is 3.19. The number of rotatable bonds is 9.